The smallest absolute Gasteiger partial charge is 0.326 e. The highest BCUT2D eigenvalue weighted by Crippen LogP contribution is 2.22. The van der Waals surface area contributed by atoms with Gasteiger partial charge in [-0.25, -0.2) is 4.79 Å². The molecule has 7 heteroatoms. The fraction of sp³-hybridized carbons (Fsp3) is 0. The number of carbonyl (C=O) groups excluding carboxylic acids is 2. The summed E-state index contributed by atoms with van der Waals surface area (Å²) in [4.78, 5) is 32.8. The predicted octanol–water partition coefficient (Wildman–Crippen LogP) is 3.85. The zero-order valence-corrected chi connectivity index (χ0v) is 14.0. The molecule has 0 radical (unpaired) electrons. The molecule has 0 bridgehead atoms. The van der Waals surface area contributed by atoms with Gasteiger partial charge in [-0.1, -0.05) is 12.1 Å². The lowest BCUT2D eigenvalue weighted by Crippen LogP contribution is -2.34. The monoisotopic (exact) mass is 358 g/mol. The van der Waals surface area contributed by atoms with E-state index < -0.39 is 11.9 Å². The van der Waals surface area contributed by atoms with E-state index >= 15 is 0 Å². The van der Waals surface area contributed by atoms with Gasteiger partial charge in [0.2, 0.25) is 0 Å². The van der Waals surface area contributed by atoms with Crippen LogP contribution in [0.4, 0.5) is 10.5 Å². The van der Waals surface area contributed by atoms with Gasteiger partial charge in [0.05, 0.1) is 17.3 Å². The van der Waals surface area contributed by atoms with E-state index in [1.807, 2.05) is 12.1 Å². The first kappa shape index (κ1) is 16.5. The molecule has 0 aliphatic rings. The van der Waals surface area contributed by atoms with Crippen LogP contribution in [0.15, 0.2) is 77.7 Å². The molecule has 7 nitrogen and oxygen atoms in total. The van der Waals surface area contributed by atoms with Crippen LogP contribution in [0.3, 0.4) is 0 Å². The molecule has 4 aromatic rings. The Morgan fingerprint density at radius 3 is 2.56 bits per heavy atom. The van der Waals surface area contributed by atoms with Crippen molar-refractivity contribution in [2.75, 3.05) is 5.32 Å². The molecule has 2 aromatic carbocycles. The summed E-state index contributed by atoms with van der Waals surface area (Å²) < 4.78 is 5.34. The summed E-state index contributed by atoms with van der Waals surface area (Å²) in [6.07, 6.45) is 4.70. The van der Waals surface area contributed by atoms with Crippen molar-refractivity contribution in [1.29, 1.82) is 0 Å². The van der Waals surface area contributed by atoms with Gasteiger partial charge in [-0.15, -0.1) is 0 Å². The molecule has 3 amide bonds. The van der Waals surface area contributed by atoms with E-state index in [-0.39, 0.29) is 0 Å². The highest BCUT2D eigenvalue weighted by Gasteiger charge is 2.12. The van der Waals surface area contributed by atoms with Gasteiger partial charge in [-0.05, 0) is 42.5 Å². The quantitative estimate of drug-likeness (QED) is 0.580. The Hall–Kier alpha value is -4.00. The summed E-state index contributed by atoms with van der Waals surface area (Å²) in [5, 5.41) is 4.94. The Morgan fingerprint density at radius 1 is 0.889 bits per heavy atom. The fourth-order valence-electron chi connectivity index (χ4n) is 2.64. The van der Waals surface area contributed by atoms with E-state index in [2.05, 4.69) is 20.6 Å². The number of benzene rings is 2. The first-order chi connectivity index (χ1) is 13.2. The summed E-state index contributed by atoms with van der Waals surface area (Å²) >= 11 is 0. The van der Waals surface area contributed by atoms with Crippen LogP contribution in [0.1, 0.15) is 10.4 Å². The third kappa shape index (κ3) is 3.67. The Kier molecular flexibility index (Phi) is 4.32. The van der Waals surface area contributed by atoms with Crippen LogP contribution in [-0.4, -0.2) is 21.9 Å². The molecule has 0 spiro atoms. The molecule has 0 aliphatic heterocycles. The lowest BCUT2D eigenvalue weighted by Gasteiger charge is -2.08. The van der Waals surface area contributed by atoms with Gasteiger partial charge in [-0.2, -0.15) is 0 Å². The van der Waals surface area contributed by atoms with Crippen LogP contribution in [0, 0.1) is 0 Å². The minimum absolute atomic E-state index is 0.322. The number of hydrogen-bond acceptors (Lipinski definition) is 5. The molecule has 132 valence electrons. The number of anilines is 1. The van der Waals surface area contributed by atoms with Crippen molar-refractivity contribution in [1.82, 2.24) is 15.3 Å². The van der Waals surface area contributed by atoms with Crippen molar-refractivity contribution in [3.05, 3.63) is 78.8 Å². The first-order valence-corrected chi connectivity index (χ1v) is 8.16. The molecule has 2 aromatic heterocycles. The van der Waals surface area contributed by atoms with Crippen molar-refractivity contribution in [2.45, 2.75) is 0 Å². The molecular weight excluding hydrogens is 344 g/mol. The third-order valence-electron chi connectivity index (χ3n) is 3.88. The number of nitrogens with zero attached hydrogens (tertiary/aromatic N) is 2. The summed E-state index contributed by atoms with van der Waals surface area (Å²) in [6.45, 7) is 0. The maximum Gasteiger partial charge on any atom is 0.326 e. The van der Waals surface area contributed by atoms with E-state index in [0.717, 1.165) is 5.56 Å². The van der Waals surface area contributed by atoms with E-state index in [0.29, 0.717) is 28.0 Å². The van der Waals surface area contributed by atoms with Crippen LogP contribution in [0.2, 0.25) is 0 Å². The Balaban J connectivity index is 1.45. The molecule has 0 saturated heterocycles. The first-order valence-electron chi connectivity index (χ1n) is 8.16. The van der Waals surface area contributed by atoms with E-state index in [4.69, 9.17) is 4.42 Å². The second kappa shape index (κ2) is 7.09. The number of rotatable bonds is 3. The fourth-order valence-corrected chi connectivity index (χ4v) is 2.64. The van der Waals surface area contributed by atoms with Crippen molar-refractivity contribution in [3.63, 3.8) is 0 Å². The molecule has 4 rings (SSSR count). The number of amides is 3. The number of fused-ring (bicyclic) bond motifs is 1. The van der Waals surface area contributed by atoms with Crippen molar-refractivity contribution in [2.24, 2.45) is 0 Å². The lowest BCUT2D eigenvalue weighted by atomic mass is 10.1. The number of carbonyl (C=O) groups is 2. The van der Waals surface area contributed by atoms with E-state index in [1.54, 1.807) is 61.1 Å². The molecule has 0 saturated carbocycles. The number of urea groups is 1. The Labute approximate surface area is 154 Å². The second-order valence-corrected chi connectivity index (χ2v) is 5.73. The van der Waals surface area contributed by atoms with Crippen LogP contribution in [-0.2, 0) is 0 Å². The predicted molar refractivity (Wildman–Crippen MR) is 100 cm³/mol. The SMILES string of the molecule is O=C(NC(=O)c1ccc2nccnc2c1)Nc1cccc(-c2ccco2)c1. The van der Waals surface area contributed by atoms with Gasteiger partial charge in [0.1, 0.15) is 5.76 Å². The summed E-state index contributed by atoms with van der Waals surface area (Å²) in [5.74, 6) is 0.162. The lowest BCUT2D eigenvalue weighted by molar-refractivity contribution is 0.0967. The number of aromatic nitrogens is 2. The van der Waals surface area contributed by atoms with Gasteiger partial charge < -0.3 is 9.73 Å². The van der Waals surface area contributed by atoms with E-state index in [9.17, 15) is 9.59 Å². The topological polar surface area (TPSA) is 97.1 Å². The van der Waals surface area contributed by atoms with Gasteiger partial charge in [0, 0.05) is 29.2 Å². The van der Waals surface area contributed by atoms with Crippen molar-refractivity contribution >= 4 is 28.7 Å². The van der Waals surface area contributed by atoms with Gasteiger partial charge >= 0.3 is 6.03 Å². The summed E-state index contributed by atoms with van der Waals surface area (Å²) in [6, 6.07) is 15.0. The summed E-state index contributed by atoms with van der Waals surface area (Å²) in [5.41, 5.74) is 2.93. The van der Waals surface area contributed by atoms with Crippen LogP contribution >= 0.6 is 0 Å². The molecule has 2 heterocycles. The molecular formula is C20H14N4O3. The van der Waals surface area contributed by atoms with Gasteiger partial charge in [0.15, 0.2) is 0 Å². The third-order valence-corrected chi connectivity index (χ3v) is 3.88. The zero-order chi connectivity index (χ0) is 18.6. The minimum atomic E-state index is -0.629. The maximum atomic E-state index is 12.3. The Morgan fingerprint density at radius 2 is 1.74 bits per heavy atom. The maximum absolute atomic E-state index is 12.3. The normalized spacial score (nSPS) is 10.5. The molecule has 0 fully saturated rings. The molecule has 0 unspecified atom stereocenters. The number of furan rings is 1. The van der Waals surface area contributed by atoms with E-state index in [1.165, 1.54) is 0 Å². The number of nitrogens with one attached hydrogen (secondary N) is 2. The zero-order valence-electron chi connectivity index (χ0n) is 14.0. The number of imide groups is 1. The average Bonchev–Trinajstić information content (AvgIpc) is 3.22. The Bertz CT molecular complexity index is 1120. The minimum Gasteiger partial charge on any atom is -0.464 e. The highest BCUT2D eigenvalue weighted by molar-refractivity contribution is 6.09. The largest absolute Gasteiger partial charge is 0.464 e. The average molecular weight is 358 g/mol. The molecule has 27 heavy (non-hydrogen) atoms. The molecule has 0 atom stereocenters. The van der Waals surface area contributed by atoms with Gasteiger partial charge in [0.25, 0.3) is 5.91 Å². The van der Waals surface area contributed by atoms with Gasteiger partial charge in [-0.3, -0.25) is 20.1 Å². The van der Waals surface area contributed by atoms with Crippen LogP contribution in [0.25, 0.3) is 22.4 Å². The summed E-state index contributed by atoms with van der Waals surface area (Å²) in [7, 11) is 0. The second-order valence-electron chi connectivity index (χ2n) is 5.73. The highest BCUT2D eigenvalue weighted by atomic mass is 16.3. The number of hydrogen-bond donors (Lipinski definition) is 2. The molecule has 0 aliphatic carbocycles. The molecule has 2 N–H and O–H groups in total. The van der Waals surface area contributed by atoms with Crippen LogP contribution in [0.5, 0.6) is 0 Å². The van der Waals surface area contributed by atoms with Crippen LogP contribution < -0.4 is 10.6 Å². The van der Waals surface area contributed by atoms with Crippen molar-refractivity contribution < 1.29 is 14.0 Å². The standard InChI is InChI=1S/C20H14N4O3/c25-19(14-6-7-16-17(12-14)22-9-8-21-16)24-20(26)23-15-4-1-3-13(11-15)18-5-2-10-27-18/h1-12H,(H2,23,24,25,26). The van der Waals surface area contributed by atoms with Crippen molar-refractivity contribution in [3.8, 4) is 11.3 Å².